The summed E-state index contributed by atoms with van der Waals surface area (Å²) < 4.78 is 31.7. The van der Waals surface area contributed by atoms with Crippen molar-refractivity contribution in [3.8, 4) is 0 Å². The molecule has 3 heterocycles. The maximum atomic E-state index is 11.8. The van der Waals surface area contributed by atoms with Crippen molar-refractivity contribution in [3.05, 3.63) is 16.7 Å². The third-order valence-electron chi connectivity index (χ3n) is 3.39. The van der Waals surface area contributed by atoms with E-state index >= 15 is 0 Å². The Morgan fingerprint density at radius 2 is 1.86 bits per heavy atom. The summed E-state index contributed by atoms with van der Waals surface area (Å²) >= 11 is 2.52. The molecule has 1 fully saturated rings. The second-order valence-corrected chi connectivity index (χ2v) is 7.63. The minimum absolute atomic E-state index is 0.00311. The number of halogens is 3. The number of hydrogen-bond donors (Lipinski definition) is 5. The van der Waals surface area contributed by atoms with Crippen molar-refractivity contribution in [1.29, 1.82) is 0 Å². The average molecular weight is 454 g/mol. The van der Waals surface area contributed by atoms with E-state index in [1.54, 1.807) is 0 Å². The molecule has 16 heteroatoms. The van der Waals surface area contributed by atoms with E-state index in [0.29, 0.717) is 15.7 Å². The van der Waals surface area contributed by atoms with Gasteiger partial charge in [-0.1, -0.05) is 11.8 Å². The molecule has 1 aromatic rings. The van der Waals surface area contributed by atoms with Crippen LogP contribution in [0.25, 0.3) is 0 Å². The van der Waals surface area contributed by atoms with Gasteiger partial charge in [0.25, 0.3) is 0 Å². The summed E-state index contributed by atoms with van der Waals surface area (Å²) in [5.41, 5.74) is 16.8. The Labute approximate surface area is 168 Å². The van der Waals surface area contributed by atoms with Crippen molar-refractivity contribution in [2.24, 2.45) is 5.73 Å². The number of carbonyl (C=O) groups is 3. The van der Waals surface area contributed by atoms with Crippen LogP contribution in [0.5, 0.6) is 0 Å². The van der Waals surface area contributed by atoms with E-state index in [0.717, 1.165) is 11.8 Å². The van der Waals surface area contributed by atoms with E-state index in [1.165, 1.54) is 22.7 Å². The number of thioether (sulfide) groups is 2. The molecule has 0 radical (unpaired) electrons. The number of carboxylic acid groups (broad SMARTS) is 2. The molecule has 0 bridgehead atoms. The Bertz CT molecular complexity index is 876. The Balaban J connectivity index is 0.000000370. The molecule has 3 rings (SSSR count). The van der Waals surface area contributed by atoms with Gasteiger partial charge in [-0.25, -0.2) is 14.6 Å². The molecular formula is C13H13F3N6O5S2. The first kappa shape index (κ1) is 22.6. The highest BCUT2D eigenvalue weighted by Crippen LogP contribution is 2.44. The van der Waals surface area contributed by atoms with Gasteiger partial charge >= 0.3 is 18.1 Å². The molecule has 2 aliphatic heterocycles. The summed E-state index contributed by atoms with van der Waals surface area (Å²) in [4.78, 5) is 41.7. The Hall–Kier alpha value is -2.72. The van der Waals surface area contributed by atoms with Crippen molar-refractivity contribution in [2.45, 2.75) is 22.6 Å². The number of aliphatic carboxylic acids is 2. The number of nitrogens with two attached hydrogens (primary N) is 3. The predicted molar refractivity (Wildman–Crippen MR) is 96.1 cm³/mol. The lowest BCUT2D eigenvalue weighted by Gasteiger charge is -2.47. The average Bonchev–Trinajstić information content (AvgIpc) is 2.59. The number of carboxylic acids is 2. The summed E-state index contributed by atoms with van der Waals surface area (Å²) in [7, 11) is 0. The van der Waals surface area contributed by atoms with Crippen LogP contribution in [0.3, 0.4) is 0 Å². The SMILES string of the molecule is Nc1cc(SC2=C(C(=O)O)N3C(=O)[C@@H](N)[C@H]3SC2)nc(N)n1.O=C(O)C(F)(F)F. The summed E-state index contributed by atoms with van der Waals surface area (Å²) in [5, 5.41) is 16.6. The van der Waals surface area contributed by atoms with E-state index in [4.69, 9.17) is 27.1 Å². The number of β-lactam (4-membered cyclic amide) rings is 1. The molecule has 158 valence electrons. The Morgan fingerprint density at radius 3 is 2.34 bits per heavy atom. The number of hydrogen-bond acceptors (Lipinski definition) is 10. The number of nitrogens with zero attached hydrogens (tertiary/aromatic N) is 3. The molecule has 0 aliphatic carbocycles. The molecule has 0 saturated carbocycles. The number of rotatable bonds is 3. The first-order valence-corrected chi connectivity index (χ1v) is 9.24. The van der Waals surface area contributed by atoms with Crippen LogP contribution in [-0.2, 0) is 14.4 Å². The second-order valence-electron chi connectivity index (χ2n) is 5.41. The zero-order valence-electron chi connectivity index (χ0n) is 14.1. The lowest BCUT2D eigenvalue weighted by atomic mass is 10.1. The molecule has 1 saturated heterocycles. The topological polar surface area (TPSA) is 199 Å². The molecule has 11 nitrogen and oxygen atoms in total. The molecule has 0 aromatic carbocycles. The van der Waals surface area contributed by atoms with E-state index in [-0.39, 0.29) is 22.8 Å². The molecule has 1 amide bonds. The molecule has 0 unspecified atom stereocenters. The van der Waals surface area contributed by atoms with Crippen LogP contribution in [0.15, 0.2) is 21.7 Å². The third kappa shape index (κ3) is 5.01. The molecule has 0 spiro atoms. The van der Waals surface area contributed by atoms with Gasteiger partial charge in [0.2, 0.25) is 11.9 Å². The van der Waals surface area contributed by atoms with Crippen LogP contribution >= 0.6 is 23.5 Å². The van der Waals surface area contributed by atoms with Crippen LogP contribution in [0, 0.1) is 0 Å². The number of anilines is 2. The summed E-state index contributed by atoms with van der Waals surface area (Å²) in [5.74, 6) is -3.72. The molecule has 2 aliphatic rings. The molecule has 8 N–H and O–H groups in total. The van der Waals surface area contributed by atoms with Crippen LogP contribution in [0.1, 0.15) is 0 Å². The number of aromatic nitrogens is 2. The zero-order chi connectivity index (χ0) is 22.1. The largest absolute Gasteiger partial charge is 0.490 e. The van der Waals surface area contributed by atoms with Gasteiger partial charge in [-0.2, -0.15) is 18.2 Å². The number of carbonyl (C=O) groups excluding carboxylic acids is 1. The highest BCUT2D eigenvalue weighted by Gasteiger charge is 2.52. The van der Waals surface area contributed by atoms with Gasteiger partial charge in [0.15, 0.2) is 0 Å². The molecular weight excluding hydrogens is 441 g/mol. The molecule has 2 atom stereocenters. The summed E-state index contributed by atoms with van der Waals surface area (Å²) in [6.07, 6.45) is -5.08. The van der Waals surface area contributed by atoms with Crippen molar-refractivity contribution in [3.63, 3.8) is 0 Å². The van der Waals surface area contributed by atoms with Gasteiger partial charge in [-0.3, -0.25) is 9.69 Å². The van der Waals surface area contributed by atoms with Gasteiger partial charge in [0, 0.05) is 16.7 Å². The van der Waals surface area contributed by atoms with Crippen LogP contribution < -0.4 is 17.2 Å². The normalized spacial score (nSPS) is 21.0. The third-order valence-corrected chi connectivity index (χ3v) is 5.87. The van der Waals surface area contributed by atoms with Gasteiger partial charge in [-0.15, -0.1) is 11.8 Å². The Kier molecular flexibility index (Phi) is 6.49. The van der Waals surface area contributed by atoms with Gasteiger partial charge in [0.1, 0.15) is 28.0 Å². The second kappa shape index (κ2) is 8.34. The Morgan fingerprint density at radius 1 is 1.28 bits per heavy atom. The highest BCUT2D eigenvalue weighted by atomic mass is 32.2. The fourth-order valence-electron chi connectivity index (χ4n) is 2.21. The van der Waals surface area contributed by atoms with Crippen molar-refractivity contribution >= 4 is 53.1 Å². The van der Waals surface area contributed by atoms with Crippen LogP contribution in [-0.4, -0.2) is 66.3 Å². The number of nitrogen functional groups attached to an aromatic ring is 2. The van der Waals surface area contributed by atoms with Crippen molar-refractivity contribution < 1.29 is 37.8 Å². The number of fused-ring (bicyclic) bond motifs is 1. The van der Waals surface area contributed by atoms with Crippen molar-refractivity contribution in [1.82, 2.24) is 14.9 Å². The van der Waals surface area contributed by atoms with E-state index in [2.05, 4.69) is 9.97 Å². The fourth-order valence-corrected chi connectivity index (χ4v) is 4.64. The lowest BCUT2D eigenvalue weighted by molar-refractivity contribution is -0.192. The number of alkyl halides is 3. The van der Waals surface area contributed by atoms with E-state index < -0.39 is 30.1 Å². The van der Waals surface area contributed by atoms with Crippen LogP contribution in [0.4, 0.5) is 24.9 Å². The van der Waals surface area contributed by atoms with Crippen LogP contribution in [0.2, 0.25) is 0 Å². The maximum absolute atomic E-state index is 11.8. The summed E-state index contributed by atoms with van der Waals surface area (Å²) in [6.45, 7) is 0. The zero-order valence-corrected chi connectivity index (χ0v) is 15.7. The molecule has 29 heavy (non-hydrogen) atoms. The minimum Gasteiger partial charge on any atom is -0.477 e. The maximum Gasteiger partial charge on any atom is 0.490 e. The molecule has 1 aromatic heterocycles. The number of amides is 1. The van der Waals surface area contributed by atoms with Gasteiger partial charge in [-0.05, 0) is 0 Å². The quantitative estimate of drug-likeness (QED) is 0.301. The first-order chi connectivity index (χ1) is 13.3. The standard InChI is InChI=1S/C11H12N6O3S2.C2HF3O2/c12-4-1-5(16-11(14)15-4)22-3-2-21-9-6(13)8(18)17(9)7(3)10(19)20;3-2(4,5)1(6)7/h1,6,9H,2,13H2,(H,19,20)(H4,12,14,15,16);(H,6,7)/t6-,9-;/m1./s1. The van der Waals surface area contributed by atoms with Crippen molar-refractivity contribution in [2.75, 3.05) is 17.2 Å². The smallest absolute Gasteiger partial charge is 0.477 e. The first-order valence-electron chi connectivity index (χ1n) is 7.37. The highest BCUT2D eigenvalue weighted by molar-refractivity contribution is 8.06. The van der Waals surface area contributed by atoms with Gasteiger partial charge < -0.3 is 27.4 Å². The van der Waals surface area contributed by atoms with E-state index in [1.807, 2.05) is 0 Å². The minimum atomic E-state index is -5.08. The van der Waals surface area contributed by atoms with E-state index in [9.17, 15) is 27.9 Å². The lowest BCUT2D eigenvalue weighted by Crippen LogP contribution is -2.68. The predicted octanol–water partition coefficient (Wildman–Crippen LogP) is -0.0950. The fraction of sp³-hybridized carbons (Fsp3) is 0.308. The van der Waals surface area contributed by atoms with Gasteiger partial charge in [0.05, 0.1) is 0 Å². The summed E-state index contributed by atoms with van der Waals surface area (Å²) in [6, 6.07) is 0.838. The monoisotopic (exact) mass is 454 g/mol.